The van der Waals surface area contributed by atoms with Crippen LogP contribution in [0.4, 0.5) is 0 Å². The topological polar surface area (TPSA) is 52.2 Å². The van der Waals surface area contributed by atoms with Gasteiger partial charge in [-0.25, -0.2) is 4.98 Å². The first-order chi connectivity index (χ1) is 13.9. The predicted molar refractivity (Wildman–Crippen MR) is 117 cm³/mol. The molecular weight excluding hydrogens is 360 g/mol. The minimum Gasteiger partial charge on any atom is -0.342 e. The Kier molecular flexibility index (Phi) is 5.41. The quantitative estimate of drug-likeness (QED) is 0.728. The molecule has 4 rings (SSSR count). The fourth-order valence-electron chi connectivity index (χ4n) is 4.22. The van der Waals surface area contributed by atoms with E-state index in [1.54, 1.807) is 0 Å². The van der Waals surface area contributed by atoms with E-state index in [1.807, 2.05) is 25.1 Å². The van der Waals surface area contributed by atoms with Gasteiger partial charge in [-0.15, -0.1) is 0 Å². The van der Waals surface area contributed by atoms with Gasteiger partial charge in [0.1, 0.15) is 5.82 Å². The molecule has 0 spiro atoms. The average molecular weight is 391 g/mol. The van der Waals surface area contributed by atoms with Crippen molar-refractivity contribution in [2.45, 2.75) is 40.3 Å². The lowest BCUT2D eigenvalue weighted by atomic mass is 9.97. The largest absolute Gasteiger partial charge is 0.342 e. The van der Waals surface area contributed by atoms with Crippen molar-refractivity contribution in [3.05, 3.63) is 65.0 Å². The summed E-state index contributed by atoms with van der Waals surface area (Å²) >= 11 is 0. The Balaban J connectivity index is 1.50. The van der Waals surface area contributed by atoms with Gasteiger partial charge in [-0.05, 0) is 43.5 Å². The highest BCUT2D eigenvalue weighted by Crippen LogP contribution is 2.23. The standard InChI is InChI=1S/C24H30N4O/c1-16(2)23-15-27(14-19-7-5-17(3)6-8-19)11-12-28(23)24(29)20-9-10-21-22(13-20)26-18(4)25-21/h5-10,13,16,23H,11-12,14-15H2,1-4H3,(H,25,26). The molecule has 1 fully saturated rings. The second-order valence-corrected chi connectivity index (χ2v) is 8.58. The van der Waals surface area contributed by atoms with E-state index in [1.165, 1.54) is 11.1 Å². The Morgan fingerprint density at radius 2 is 1.90 bits per heavy atom. The van der Waals surface area contributed by atoms with Crippen LogP contribution in [0.15, 0.2) is 42.5 Å². The van der Waals surface area contributed by atoms with Crippen molar-refractivity contribution < 1.29 is 4.79 Å². The molecule has 1 amide bonds. The Labute approximate surface area is 172 Å². The van der Waals surface area contributed by atoms with Crippen molar-refractivity contribution in [1.29, 1.82) is 0 Å². The predicted octanol–water partition coefficient (Wildman–Crippen LogP) is 4.16. The van der Waals surface area contributed by atoms with Crippen molar-refractivity contribution in [3.63, 3.8) is 0 Å². The molecule has 152 valence electrons. The summed E-state index contributed by atoms with van der Waals surface area (Å²) in [4.78, 5) is 25.6. The van der Waals surface area contributed by atoms with E-state index in [0.717, 1.165) is 48.6 Å². The van der Waals surface area contributed by atoms with Gasteiger partial charge in [0.2, 0.25) is 0 Å². The van der Waals surface area contributed by atoms with Crippen LogP contribution in [0, 0.1) is 19.8 Å². The molecule has 2 aromatic carbocycles. The molecule has 5 nitrogen and oxygen atoms in total. The SMILES string of the molecule is Cc1ccc(CN2CCN(C(=O)c3ccc4nc(C)[nH]c4c3)C(C(C)C)C2)cc1. The number of nitrogens with zero attached hydrogens (tertiary/aromatic N) is 3. The van der Waals surface area contributed by atoms with Crippen LogP contribution >= 0.6 is 0 Å². The molecule has 1 unspecified atom stereocenters. The van der Waals surface area contributed by atoms with Gasteiger partial charge in [-0.2, -0.15) is 0 Å². The molecule has 0 saturated carbocycles. The van der Waals surface area contributed by atoms with E-state index < -0.39 is 0 Å². The molecule has 0 aliphatic carbocycles. The van der Waals surface area contributed by atoms with Gasteiger partial charge < -0.3 is 9.88 Å². The smallest absolute Gasteiger partial charge is 0.254 e. The third kappa shape index (κ3) is 4.20. The molecule has 0 bridgehead atoms. The summed E-state index contributed by atoms with van der Waals surface area (Å²) in [5.74, 6) is 1.39. The van der Waals surface area contributed by atoms with Gasteiger partial charge in [0.15, 0.2) is 0 Å². The number of fused-ring (bicyclic) bond motifs is 1. The number of hydrogen-bond acceptors (Lipinski definition) is 3. The molecule has 1 aliphatic heterocycles. The summed E-state index contributed by atoms with van der Waals surface area (Å²) in [6, 6.07) is 14.7. The summed E-state index contributed by atoms with van der Waals surface area (Å²) in [5, 5.41) is 0. The maximum absolute atomic E-state index is 13.3. The molecule has 1 N–H and O–H groups in total. The number of aryl methyl sites for hydroxylation is 2. The van der Waals surface area contributed by atoms with Gasteiger partial charge in [-0.1, -0.05) is 43.7 Å². The van der Waals surface area contributed by atoms with Crippen molar-refractivity contribution >= 4 is 16.9 Å². The molecule has 1 atom stereocenters. The first-order valence-corrected chi connectivity index (χ1v) is 10.5. The van der Waals surface area contributed by atoms with Crippen LogP contribution in [0.5, 0.6) is 0 Å². The number of carbonyl (C=O) groups excluding carboxylic acids is 1. The Hall–Kier alpha value is -2.66. The fraction of sp³-hybridized carbons (Fsp3) is 0.417. The molecule has 1 aliphatic rings. The molecule has 3 aromatic rings. The Morgan fingerprint density at radius 3 is 2.62 bits per heavy atom. The van der Waals surface area contributed by atoms with Gasteiger partial charge in [0.25, 0.3) is 5.91 Å². The van der Waals surface area contributed by atoms with Crippen LogP contribution in [0.25, 0.3) is 11.0 Å². The molecule has 5 heteroatoms. The number of piperazine rings is 1. The number of amides is 1. The number of hydrogen-bond donors (Lipinski definition) is 1. The number of imidazole rings is 1. The molecule has 2 heterocycles. The number of aromatic nitrogens is 2. The van der Waals surface area contributed by atoms with Crippen molar-refractivity contribution in [2.24, 2.45) is 5.92 Å². The van der Waals surface area contributed by atoms with Crippen LogP contribution < -0.4 is 0 Å². The second-order valence-electron chi connectivity index (χ2n) is 8.58. The maximum Gasteiger partial charge on any atom is 0.254 e. The zero-order chi connectivity index (χ0) is 20.5. The third-order valence-corrected chi connectivity index (χ3v) is 5.91. The lowest BCUT2D eigenvalue weighted by Crippen LogP contribution is -2.56. The van der Waals surface area contributed by atoms with E-state index in [0.29, 0.717) is 5.92 Å². The number of carbonyl (C=O) groups is 1. The number of nitrogens with one attached hydrogen (secondary N) is 1. The highest BCUT2D eigenvalue weighted by atomic mass is 16.2. The minimum absolute atomic E-state index is 0.118. The first kappa shape index (κ1) is 19.6. The highest BCUT2D eigenvalue weighted by molar-refractivity contribution is 5.97. The van der Waals surface area contributed by atoms with E-state index in [-0.39, 0.29) is 11.9 Å². The van der Waals surface area contributed by atoms with E-state index >= 15 is 0 Å². The molecular formula is C24H30N4O. The van der Waals surface area contributed by atoms with Gasteiger partial charge in [0.05, 0.1) is 11.0 Å². The molecule has 1 saturated heterocycles. The van der Waals surface area contributed by atoms with Crippen LogP contribution in [0.1, 0.15) is 41.2 Å². The third-order valence-electron chi connectivity index (χ3n) is 5.91. The van der Waals surface area contributed by atoms with Gasteiger partial charge >= 0.3 is 0 Å². The normalized spacial score (nSPS) is 18.0. The lowest BCUT2D eigenvalue weighted by Gasteiger charge is -2.43. The van der Waals surface area contributed by atoms with Crippen molar-refractivity contribution in [3.8, 4) is 0 Å². The summed E-state index contributed by atoms with van der Waals surface area (Å²) < 4.78 is 0. The highest BCUT2D eigenvalue weighted by Gasteiger charge is 2.33. The number of benzene rings is 2. The van der Waals surface area contributed by atoms with Crippen LogP contribution in [0.3, 0.4) is 0 Å². The summed E-state index contributed by atoms with van der Waals surface area (Å²) in [6.45, 7) is 12.0. The number of rotatable bonds is 4. The van der Waals surface area contributed by atoms with Crippen LogP contribution in [-0.4, -0.2) is 51.4 Å². The maximum atomic E-state index is 13.3. The van der Waals surface area contributed by atoms with Gasteiger partial charge in [0, 0.05) is 37.8 Å². The zero-order valence-corrected chi connectivity index (χ0v) is 17.8. The summed E-state index contributed by atoms with van der Waals surface area (Å²) in [5.41, 5.74) is 5.18. The fourth-order valence-corrected chi connectivity index (χ4v) is 4.22. The summed E-state index contributed by atoms with van der Waals surface area (Å²) in [6.07, 6.45) is 0. The molecule has 1 aromatic heterocycles. The number of H-pyrrole nitrogens is 1. The minimum atomic E-state index is 0.118. The Bertz CT molecular complexity index is 1010. The summed E-state index contributed by atoms with van der Waals surface area (Å²) in [7, 11) is 0. The first-order valence-electron chi connectivity index (χ1n) is 10.5. The Morgan fingerprint density at radius 1 is 1.14 bits per heavy atom. The van der Waals surface area contributed by atoms with Crippen LogP contribution in [-0.2, 0) is 6.54 Å². The zero-order valence-electron chi connectivity index (χ0n) is 17.8. The van der Waals surface area contributed by atoms with Crippen LogP contribution in [0.2, 0.25) is 0 Å². The monoisotopic (exact) mass is 390 g/mol. The van der Waals surface area contributed by atoms with Crippen molar-refractivity contribution in [1.82, 2.24) is 19.8 Å². The number of aromatic amines is 1. The molecule has 0 radical (unpaired) electrons. The van der Waals surface area contributed by atoms with Gasteiger partial charge in [-0.3, -0.25) is 9.69 Å². The second kappa shape index (κ2) is 7.99. The lowest BCUT2D eigenvalue weighted by molar-refractivity contribution is 0.0329. The van der Waals surface area contributed by atoms with Crippen molar-refractivity contribution in [2.75, 3.05) is 19.6 Å². The van der Waals surface area contributed by atoms with E-state index in [9.17, 15) is 4.79 Å². The molecule has 29 heavy (non-hydrogen) atoms. The van der Waals surface area contributed by atoms with E-state index in [4.69, 9.17) is 0 Å². The average Bonchev–Trinajstić information content (AvgIpc) is 3.08. The van der Waals surface area contributed by atoms with E-state index in [2.05, 4.69) is 64.8 Å².